The Kier molecular flexibility index (Phi) is 4.98. The van der Waals surface area contributed by atoms with Crippen LogP contribution in [0.4, 0.5) is 0 Å². The van der Waals surface area contributed by atoms with E-state index in [9.17, 15) is 9.59 Å². The van der Waals surface area contributed by atoms with Crippen molar-refractivity contribution in [3.8, 4) is 11.1 Å². The van der Waals surface area contributed by atoms with Crippen molar-refractivity contribution in [1.29, 1.82) is 0 Å². The van der Waals surface area contributed by atoms with Crippen LogP contribution < -0.4 is 5.73 Å². The van der Waals surface area contributed by atoms with Crippen LogP contribution >= 0.6 is 0 Å². The van der Waals surface area contributed by atoms with E-state index in [1.165, 1.54) is 0 Å². The van der Waals surface area contributed by atoms with Gasteiger partial charge in [0.1, 0.15) is 5.54 Å². The van der Waals surface area contributed by atoms with E-state index in [1.54, 1.807) is 9.80 Å². The van der Waals surface area contributed by atoms with Gasteiger partial charge in [-0.3, -0.25) is 14.3 Å². The van der Waals surface area contributed by atoms with E-state index >= 15 is 0 Å². The van der Waals surface area contributed by atoms with Crippen molar-refractivity contribution in [2.24, 2.45) is 12.8 Å². The lowest BCUT2D eigenvalue weighted by Crippen LogP contribution is -2.68. The Morgan fingerprint density at radius 3 is 2.22 bits per heavy atom. The van der Waals surface area contributed by atoms with E-state index in [4.69, 9.17) is 10.5 Å². The van der Waals surface area contributed by atoms with E-state index in [0.717, 1.165) is 27.7 Å². The highest BCUT2D eigenvalue weighted by molar-refractivity contribution is 5.95. The molecule has 8 nitrogen and oxygen atoms in total. The maximum atomic E-state index is 13.0. The number of aromatic nitrogens is 2. The van der Waals surface area contributed by atoms with Crippen LogP contribution in [0.15, 0.2) is 42.5 Å². The normalized spacial score (nSPS) is 18.0. The number of hydrogen-bond donors (Lipinski definition) is 1. The minimum absolute atomic E-state index is 0.0170. The van der Waals surface area contributed by atoms with Crippen LogP contribution in [0.5, 0.6) is 0 Å². The second kappa shape index (κ2) is 7.72. The molecule has 8 heteroatoms. The van der Waals surface area contributed by atoms with E-state index in [0.29, 0.717) is 31.7 Å². The molecule has 2 aliphatic heterocycles. The number of hydrogen-bond acceptors (Lipinski definition) is 5. The summed E-state index contributed by atoms with van der Waals surface area (Å²) >= 11 is 0. The van der Waals surface area contributed by atoms with Crippen LogP contribution in [0, 0.1) is 6.92 Å². The summed E-state index contributed by atoms with van der Waals surface area (Å²) in [7, 11) is 1.95. The Bertz CT molecular complexity index is 1190. The van der Waals surface area contributed by atoms with E-state index in [-0.39, 0.29) is 25.0 Å². The molecule has 0 radical (unpaired) electrons. The summed E-state index contributed by atoms with van der Waals surface area (Å²) in [5, 5.41) is 5.61. The van der Waals surface area contributed by atoms with Gasteiger partial charge in [0.25, 0.3) is 5.91 Å². The van der Waals surface area contributed by atoms with Gasteiger partial charge in [0.05, 0.1) is 24.4 Å². The number of nitrogens with zero attached hydrogens (tertiary/aromatic N) is 4. The molecule has 2 N–H and O–H groups in total. The Balaban J connectivity index is 1.26. The quantitative estimate of drug-likeness (QED) is 0.677. The standard InChI is InChI=1S/C24H27N5O3/c1-16-20-13-19(7-8-21(20)27(2)26-16)17-3-5-18(6-4-17)22(30)28-9-11-29(12-10-28)23(31)24(25)14-32-15-24/h3-8,13H,9-12,14-15,25H2,1-2H3. The molecule has 2 aliphatic rings. The summed E-state index contributed by atoms with van der Waals surface area (Å²) in [6.07, 6.45) is 0. The zero-order valence-corrected chi connectivity index (χ0v) is 18.4. The number of aryl methyl sites for hydroxylation is 2. The highest BCUT2D eigenvalue weighted by atomic mass is 16.5. The Hall–Kier alpha value is -3.23. The first-order valence-electron chi connectivity index (χ1n) is 10.8. The maximum Gasteiger partial charge on any atom is 0.253 e. The summed E-state index contributed by atoms with van der Waals surface area (Å²) in [6.45, 7) is 4.53. The third kappa shape index (κ3) is 3.45. The summed E-state index contributed by atoms with van der Waals surface area (Å²) in [4.78, 5) is 29.1. The lowest BCUT2D eigenvalue weighted by molar-refractivity contribution is -0.155. The first-order valence-corrected chi connectivity index (χ1v) is 10.8. The molecule has 5 rings (SSSR count). The maximum absolute atomic E-state index is 13.0. The first-order chi connectivity index (χ1) is 15.4. The topological polar surface area (TPSA) is 93.7 Å². The molecule has 0 bridgehead atoms. The van der Waals surface area contributed by atoms with Crippen LogP contribution in [0.2, 0.25) is 0 Å². The van der Waals surface area contributed by atoms with E-state index in [2.05, 4.69) is 23.3 Å². The average Bonchev–Trinajstić information content (AvgIpc) is 3.09. The number of fused-ring (bicyclic) bond motifs is 1. The van der Waals surface area contributed by atoms with E-state index < -0.39 is 5.54 Å². The van der Waals surface area contributed by atoms with Gasteiger partial charge < -0.3 is 20.3 Å². The molecule has 166 valence electrons. The Morgan fingerprint density at radius 1 is 0.969 bits per heavy atom. The molecule has 0 unspecified atom stereocenters. The molecular weight excluding hydrogens is 406 g/mol. The van der Waals surface area contributed by atoms with Gasteiger partial charge in [0, 0.05) is 44.2 Å². The van der Waals surface area contributed by atoms with Gasteiger partial charge in [0.2, 0.25) is 5.91 Å². The fraction of sp³-hybridized carbons (Fsp3) is 0.375. The number of ether oxygens (including phenoxy) is 1. The molecule has 0 atom stereocenters. The van der Waals surface area contributed by atoms with Gasteiger partial charge in [-0.1, -0.05) is 18.2 Å². The van der Waals surface area contributed by atoms with Crippen LogP contribution in [0.3, 0.4) is 0 Å². The largest absolute Gasteiger partial charge is 0.376 e. The van der Waals surface area contributed by atoms with Crippen LogP contribution in [0.25, 0.3) is 22.0 Å². The van der Waals surface area contributed by atoms with Gasteiger partial charge in [0.15, 0.2) is 0 Å². The summed E-state index contributed by atoms with van der Waals surface area (Å²) in [5.74, 6) is -0.0994. The zero-order valence-electron chi connectivity index (χ0n) is 18.4. The molecule has 2 fully saturated rings. The van der Waals surface area contributed by atoms with Crippen LogP contribution in [-0.4, -0.2) is 76.3 Å². The van der Waals surface area contributed by atoms with Crippen molar-refractivity contribution in [2.75, 3.05) is 39.4 Å². The molecule has 2 amide bonds. The van der Waals surface area contributed by atoms with Crippen molar-refractivity contribution in [3.05, 3.63) is 53.7 Å². The molecule has 0 saturated carbocycles. The molecule has 1 aromatic heterocycles. The summed E-state index contributed by atoms with van der Waals surface area (Å²) in [6, 6.07) is 14.0. The summed E-state index contributed by atoms with van der Waals surface area (Å²) < 4.78 is 6.98. The third-order valence-electron chi connectivity index (χ3n) is 6.50. The van der Waals surface area contributed by atoms with Gasteiger partial charge >= 0.3 is 0 Å². The lowest BCUT2D eigenvalue weighted by Gasteiger charge is -2.43. The number of nitrogens with two attached hydrogens (primary N) is 1. The molecule has 2 aromatic carbocycles. The predicted octanol–water partition coefficient (Wildman–Crippen LogP) is 1.56. The van der Waals surface area contributed by atoms with Crippen molar-refractivity contribution in [3.63, 3.8) is 0 Å². The molecule has 3 heterocycles. The molecular formula is C24H27N5O3. The van der Waals surface area contributed by atoms with Gasteiger partial charge in [-0.2, -0.15) is 5.10 Å². The van der Waals surface area contributed by atoms with Gasteiger partial charge in [-0.05, 0) is 42.3 Å². The Labute approximate surface area is 186 Å². The number of carbonyl (C=O) groups excluding carboxylic acids is 2. The SMILES string of the molecule is Cc1nn(C)c2ccc(-c3ccc(C(=O)N4CCN(C(=O)C5(N)COC5)CC4)cc3)cc12. The van der Waals surface area contributed by atoms with Crippen molar-refractivity contribution >= 4 is 22.7 Å². The molecule has 2 saturated heterocycles. The molecule has 32 heavy (non-hydrogen) atoms. The third-order valence-corrected chi connectivity index (χ3v) is 6.50. The fourth-order valence-electron chi connectivity index (χ4n) is 4.48. The second-order valence-corrected chi connectivity index (χ2v) is 8.75. The zero-order chi connectivity index (χ0) is 22.5. The Morgan fingerprint density at radius 2 is 1.59 bits per heavy atom. The molecule has 0 spiro atoms. The van der Waals surface area contributed by atoms with Crippen LogP contribution in [-0.2, 0) is 16.6 Å². The monoisotopic (exact) mass is 433 g/mol. The highest BCUT2D eigenvalue weighted by Gasteiger charge is 2.45. The number of rotatable bonds is 3. The number of amides is 2. The summed E-state index contributed by atoms with van der Waals surface area (Å²) in [5.41, 5.74) is 10.1. The smallest absolute Gasteiger partial charge is 0.253 e. The molecule has 0 aliphatic carbocycles. The van der Waals surface area contributed by atoms with Crippen molar-refractivity contribution in [1.82, 2.24) is 19.6 Å². The predicted molar refractivity (Wildman–Crippen MR) is 121 cm³/mol. The van der Waals surface area contributed by atoms with Crippen LogP contribution in [0.1, 0.15) is 16.1 Å². The number of benzene rings is 2. The minimum Gasteiger partial charge on any atom is -0.376 e. The number of piperazine rings is 1. The average molecular weight is 434 g/mol. The fourth-order valence-corrected chi connectivity index (χ4v) is 4.48. The lowest BCUT2D eigenvalue weighted by atomic mass is 9.96. The van der Waals surface area contributed by atoms with Crippen molar-refractivity contribution in [2.45, 2.75) is 12.5 Å². The number of carbonyl (C=O) groups is 2. The molecule has 3 aromatic rings. The van der Waals surface area contributed by atoms with Crippen molar-refractivity contribution < 1.29 is 14.3 Å². The van der Waals surface area contributed by atoms with Gasteiger partial charge in [-0.15, -0.1) is 0 Å². The highest BCUT2D eigenvalue weighted by Crippen LogP contribution is 2.27. The first kappa shape index (κ1) is 20.7. The second-order valence-electron chi connectivity index (χ2n) is 8.75. The minimum atomic E-state index is -0.890. The van der Waals surface area contributed by atoms with E-state index in [1.807, 2.05) is 42.9 Å². The van der Waals surface area contributed by atoms with Gasteiger partial charge in [-0.25, -0.2) is 0 Å².